The molecule has 0 aliphatic carbocycles. The Labute approximate surface area is 105 Å². The van der Waals surface area contributed by atoms with Crippen molar-refractivity contribution in [2.75, 3.05) is 18.5 Å². The largest absolute Gasteiger partial charge is 0.450 e. The average Bonchev–Trinajstić information content (AvgIpc) is 2.73. The maximum absolute atomic E-state index is 11.3. The number of anilines is 1. The quantitative estimate of drug-likeness (QED) is 0.775. The summed E-state index contributed by atoms with van der Waals surface area (Å²) in [6, 6.07) is 5.69. The zero-order valence-corrected chi connectivity index (χ0v) is 10.3. The van der Waals surface area contributed by atoms with Crippen LogP contribution in [0.5, 0.6) is 0 Å². The highest BCUT2D eigenvalue weighted by Crippen LogP contribution is 2.22. The molecule has 0 saturated heterocycles. The third-order valence-corrected chi connectivity index (χ3v) is 2.70. The third-order valence-electron chi connectivity index (χ3n) is 2.70. The number of hydrogen-bond acceptors (Lipinski definition) is 3. The summed E-state index contributed by atoms with van der Waals surface area (Å²) in [7, 11) is 0. The van der Waals surface area contributed by atoms with E-state index in [-0.39, 0.29) is 0 Å². The summed E-state index contributed by atoms with van der Waals surface area (Å²) < 4.78 is 4.84. The van der Waals surface area contributed by atoms with Crippen molar-refractivity contribution in [2.24, 2.45) is 5.73 Å². The van der Waals surface area contributed by atoms with Gasteiger partial charge in [0, 0.05) is 22.8 Å². The maximum atomic E-state index is 11.3. The van der Waals surface area contributed by atoms with Crippen LogP contribution in [0, 0.1) is 0 Å². The highest BCUT2D eigenvalue weighted by molar-refractivity contribution is 5.91. The number of benzene rings is 1. The van der Waals surface area contributed by atoms with Crippen LogP contribution in [0.2, 0.25) is 0 Å². The molecule has 1 aromatic heterocycles. The van der Waals surface area contributed by atoms with Crippen molar-refractivity contribution in [3.63, 3.8) is 0 Å². The van der Waals surface area contributed by atoms with Crippen LogP contribution in [0.1, 0.15) is 12.5 Å². The first-order valence-corrected chi connectivity index (χ1v) is 5.98. The highest BCUT2D eigenvalue weighted by Gasteiger charge is 2.06. The van der Waals surface area contributed by atoms with E-state index in [1.54, 1.807) is 6.92 Å². The smallest absolute Gasteiger partial charge is 0.411 e. The van der Waals surface area contributed by atoms with E-state index in [9.17, 15) is 4.79 Å². The van der Waals surface area contributed by atoms with E-state index in [2.05, 4.69) is 10.3 Å². The zero-order valence-electron chi connectivity index (χ0n) is 10.3. The Kier molecular flexibility index (Phi) is 3.84. The Hall–Kier alpha value is -2.01. The summed E-state index contributed by atoms with van der Waals surface area (Å²) >= 11 is 0. The lowest BCUT2D eigenvalue weighted by Crippen LogP contribution is -2.13. The van der Waals surface area contributed by atoms with Crippen LogP contribution in [-0.4, -0.2) is 24.2 Å². The van der Waals surface area contributed by atoms with Crippen molar-refractivity contribution in [1.82, 2.24) is 4.98 Å². The normalized spacial score (nSPS) is 10.6. The summed E-state index contributed by atoms with van der Waals surface area (Å²) in [6.45, 7) is 2.73. The average molecular weight is 247 g/mol. The van der Waals surface area contributed by atoms with Gasteiger partial charge < -0.3 is 15.5 Å². The highest BCUT2D eigenvalue weighted by atomic mass is 16.5. The van der Waals surface area contributed by atoms with E-state index in [1.807, 2.05) is 24.4 Å². The van der Waals surface area contributed by atoms with E-state index < -0.39 is 6.09 Å². The Morgan fingerprint density at radius 2 is 2.33 bits per heavy atom. The fraction of sp³-hybridized carbons (Fsp3) is 0.308. The SMILES string of the molecule is CCOC(=O)Nc1ccc2[nH]cc(CCN)c2c1. The van der Waals surface area contributed by atoms with Gasteiger partial charge in [-0.2, -0.15) is 0 Å². The lowest BCUT2D eigenvalue weighted by Gasteiger charge is -2.05. The molecule has 4 N–H and O–H groups in total. The van der Waals surface area contributed by atoms with Crippen molar-refractivity contribution in [3.8, 4) is 0 Å². The van der Waals surface area contributed by atoms with Gasteiger partial charge in [0.15, 0.2) is 0 Å². The fourth-order valence-electron chi connectivity index (χ4n) is 1.90. The van der Waals surface area contributed by atoms with Gasteiger partial charge in [-0.25, -0.2) is 4.79 Å². The zero-order chi connectivity index (χ0) is 13.0. The Morgan fingerprint density at radius 1 is 1.50 bits per heavy atom. The van der Waals surface area contributed by atoms with Gasteiger partial charge in [0.1, 0.15) is 0 Å². The molecule has 0 saturated carbocycles. The molecule has 1 amide bonds. The van der Waals surface area contributed by atoms with Crippen molar-refractivity contribution in [2.45, 2.75) is 13.3 Å². The van der Waals surface area contributed by atoms with E-state index in [0.29, 0.717) is 13.2 Å². The van der Waals surface area contributed by atoms with E-state index >= 15 is 0 Å². The number of carbonyl (C=O) groups is 1. The molecular formula is C13H17N3O2. The Bertz CT molecular complexity index is 548. The van der Waals surface area contributed by atoms with Crippen LogP contribution in [-0.2, 0) is 11.2 Å². The number of nitrogens with two attached hydrogens (primary N) is 1. The number of amides is 1. The summed E-state index contributed by atoms with van der Waals surface area (Å²) in [5.41, 5.74) is 8.47. The molecular weight excluding hydrogens is 230 g/mol. The van der Waals surface area contributed by atoms with Crippen molar-refractivity contribution in [1.29, 1.82) is 0 Å². The number of fused-ring (bicyclic) bond motifs is 1. The van der Waals surface area contributed by atoms with Crippen molar-refractivity contribution >= 4 is 22.7 Å². The molecule has 1 heterocycles. The van der Waals surface area contributed by atoms with Gasteiger partial charge in [-0.05, 0) is 43.7 Å². The third kappa shape index (κ3) is 2.62. The predicted molar refractivity (Wildman–Crippen MR) is 71.7 cm³/mol. The second-order valence-electron chi connectivity index (χ2n) is 3.96. The van der Waals surface area contributed by atoms with Crippen LogP contribution in [0.25, 0.3) is 10.9 Å². The number of aromatic nitrogens is 1. The molecule has 2 aromatic rings. The molecule has 0 spiro atoms. The molecule has 0 aliphatic heterocycles. The molecule has 0 unspecified atom stereocenters. The summed E-state index contributed by atoms with van der Waals surface area (Å²) in [5.74, 6) is 0. The van der Waals surface area contributed by atoms with Gasteiger partial charge in [0.05, 0.1) is 6.61 Å². The number of H-pyrrole nitrogens is 1. The number of aromatic amines is 1. The minimum Gasteiger partial charge on any atom is -0.450 e. The lowest BCUT2D eigenvalue weighted by atomic mass is 10.1. The molecule has 0 bridgehead atoms. The van der Waals surface area contributed by atoms with Crippen LogP contribution < -0.4 is 11.1 Å². The second kappa shape index (κ2) is 5.55. The topological polar surface area (TPSA) is 80.1 Å². The maximum Gasteiger partial charge on any atom is 0.411 e. The number of ether oxygens (including phenoxy) is 1. The molecule has 18 heavy (non-hydrogen) atoms. The lowest BCUT2D eigenvalue weighted by molar-refractivity contribution is 0.168. The van der Waals surface area contributed by atoms with Gasteiger partial charge in [-0.3, -0.25) is 5.32 Å². The number of rotatable bonds is 4. The Morgan fingerprint density at radius 3 is 3.06 bits per heavy atom. The molecule has 5 nitrogen and oxygen atoms in total. The molecule has 2 rings (SSSR count). The van der Waals surface area contributed by atoms with Crippen molar-refractivity contribution < 1.29 is 9.53 Å². The van der Waals surface area contributed by atoms with Gasteiger partial charge in [0.25, 0.3) is 0 Å². The van der Waals surface area contributed by atoms with Gasteiger partial charge >= 0.3 is 6.09 Å². The first kappa shape index (κ1) is 12.4. The van der Waals surface area contributed by atoms with Crippen LogP contribution in [0.15, 0.2) is 24.4 Å². The Balaban J connectivity index is 2.24. The predicted octanol–water partition coefficient (Wildman–Crippen LogP) is 2.24. The molecule has 5 heteroatoms. The molecule has 96 valence electrons. The number of hydrogen-bond donors (Lipinski definition) is 3. The molecule has 1 aromatic carbocycles. The first-order chi connectivity index (χ1) is 8.74. The van der Waals surface area contributed by atoms with Crippen molar-refractivity contribution in [3.05, 3.63) is 30.0 Å². The summed E-state index contributed by atoms with van der Waals surface area (Å²) in [6.07, 6.45) is 2.32. The van der Waals surface area contributed by atoms with Crippen LogP contribution in [0.4, 0.5) is 10.5 Å². The van der Waals surface area contributed by atoms with Gasteiger partial charge in [0.2, 0.25) is 0 Å². The monoisotopic (exact) mass is 247 g/mol. The molecule has 0 radical (unpaired) electrons. The standard InChI is InChI=1S/C13H17N3O2/c1-2-18-13(17)16-10-3-4-12-11(7-10)9(5-6-14)8-15-12/h3-4,7-8,15H,2,5-6,14H2,1H3,(H,16,17). The minimum atomic E-state index is -0.437. The van der Waals surface area contributed by atoms with Crippen LogP contribution in [0.3, 0.4) is 0 Å². The molecule has 0 atom stereocenters. The summed E-state index contributed by atoms with van der Waals surface area (Å²) in [4.78, 5) is 14.5. The first-order valence-electron chi connectivity index (χ1n) is 5.98. The molecule has 0 fully saturated rings. The van der Waals surface area contributed by atoms with E-state index in [4.69, 9.17) is 10.5 Å². The fourth-order valence-corrected chi connectivity index (χ4v) is 1.90. The van der Waals surface area contributed by atoms with Crippen LogP contribution >= 0.6 is 0 Å². The number of nitrogens with one attached hydrogen (secondary N) is 2. The van der Waals surface area contributed by atoms with E-state index in [0.717, 1.165) is 28.6 Å². The van der Waals surface area contributed by atoms with E-state index in [1.165, 1.54) is 0 Å². The summed E-state index contributed by atoms with van der Waals surface area (Å²) in [5, 5.41) is 3.77. The minimum absolute atomic E-state index is 0.358. The number of carbonyl (C=O) groups excluding carboxylic acids is 1. The van der Waals surface area contributed by atoms with Gasteiger partial charge in [-0.15, -0.1) is 0 Å². The van der Waals surface area contributed by atoms with Gasteiger partial charge in [-0.1, -0.05) is 0 Å². The second-order valence-corrected chi connectivity index (χ2v) is 3.96. The molecule has 0 aliphatic rings.